The average Bonchev–Trinajstić information content (AvgIpc) is 3.52. The molecule has 0 aromatic heterocycles. The Hall–Kier alpha value is -1.78. The van der Waals surface area contributed by atoms with E-state index in [0.717, 1.165) is 11.5 Å². The van der Waals surface area contributed by atoms with Gasteiger partial charge in [-0.25, -0.2) is 9.15 Å². The summed E-state index contributed by atoms with van der Waals surface area (Å²) >= 11 is 0. The lowest BCUT2D eigenvalue weighted by molar-refractivity contribution is 0.412. The molecule has 5 heteroatoms. The molecule has 2 aromatic rings. The van der Waals surface area contributed by atoms with Crippen LogP contribution in [0.3, 0.4) is 0 Å². The highest BCUT2D eigenvalue weighted by atomic mass is 16.5. The fourth-order valence-electron chi connectivity index (χ4n) is 6.01. The van der Waals surface area contributed by atoms with Crippen molar-refractivity contribution in [2.75, 3.05) is 9.80 Å². The van der Waals surface area contributed by atoms with Gasteiger partial charge in [-0.3, -0.25) is 0 Å². The lowest BCUT2D eigenvalue weighted by Gasteiger charge is -2.29. The molecule has 0 saturated heterocycles. The van der Waals surface area contributed by atoms with Crippen LogP contribution in [0.2, 0.25) is 0 Å². The molecular formula is C30H56N4O+2. The number of hydrogen-bond acceptors (Lipinski definition) is 3. The quantitative estimate of drug-likeness (QED) is 0.360. The van der Waals surface area contributed by atoms with Crippen LogP contribution in [-0.4, -0.2) is 48.3 Å². The third kappa shape index (κ3) is 5.97. The molecular weight excluding hydrogens is 432 g/mol. The lowest BCUT2D eigenvalue weighted by Crippen LogP contribution is -2.41. The Morgan fingerprint density at radius 3 is 0.829 bits per heavy atom. The molecule has 0 aliphatic rings. The van der Waals surface area contributed by atoms with E-state index in [1.54, 1.807) is 0 Å². The summed E-state index contributed by atoms with van der Waals surface area (Å²) < 4.78 is 12.0. The second kappa shape index (κ2) is 11.1. The predicted octanol–water partition coefficient (Wildman–Crippen LogP) is 5.65. The van der Waals surface area contributed by atoms with E-state index in [4.69, 9.17) is 4.74 Å². The maximum absolute atomic E-state index is 6.97. The first-order valence-corrected chi connectivity index (χ1v) is 14.1. The van der Waals surface area contributed by atoms with Gasteiger partial charge in [0.2, 0.25) is 11.5 Å². The van der Waals surface area contributed by atoms with Crippen molar-refractivity contribution in [2.45, 2.75) is 159 Å². The van der Waals surface area contributed by atoms with Crippen LogP contribution >= 0.6 is 0 Å². The molecule has 2 aromatic carbocycles. The average molecular weight is 489 g/mol. The Kier molecular flexibility index (Phi) is 9.33. The van der Waals surface area contributed by atoms with Crippen molar-refractivity contribution >= 4 is 11.4 Å². The standard InChI is InChI=1S/C30H56N4O/c1-17(2)31(18(3)4)25-26(32(19(5)6)20(7)8)29(25)35-30-27(33(21(9)10)22(11)12)28(30)34(23(13)14)24(15)16/h17-24H,1-16H3/q+2. The molecule has 2 rings (SSSR count). The highest BCUT2D eigenvalue weighted by Crippen LogP contribution is 2.43. The zero-order valence-electron chi connectivity index (χ0n) is 25.8. The fraction of sp³-hybridized carbons (Fsp3) is 0.800. The number of ether oxygens (including phenoxy) is 1. The van der Waals surface area contributed by atoms with Crippen LogP contribution in [0.5, 0.6) is 11.5 Å². The van der Waals surface area contributed by atoms with Gasteiger partial charge in [-0.2, -0.15) is 0 Å². The van der Waals surface area contributed by atoms with Gasteiger partial charge in [-0.05, 0) is 111 Å². The lowest BCUT2D eigenvalue weighted by atomic mass is 10.2. The van der Waals surface area contributed by atoms with E-state index in [1.165, 1.54) is 22.1 Å². The molecule has 0 atom stereocenters. The molecule has 200 valence electrons. The van der Waals surface area contributed by atoms with Gasteiger partial charge < -0.3 is 14.5 Å². The van der Waals surface area contributed by atoms with E-state index < -0.39 is 0 Å². The Bertz CT molecular complexity index is 898. The largest absolute Gasteiger partial charge is 0.438 e. The normalized spacial score (nSPS) is 12.9. The molecule has 0 fully saturated rings. The van der Waals surface area contributed by atoms with Crippen molar-refractivity contribution in [3.05, 3.63) is 10.7 Å². The number of hydrogen-bond donors (Lipinski definition) is 0. The molecule has 0 aliphatic heterocycles. The van der Waals surface area contributed by atoms with Crippen molar-refractivity contribution in [1.82, 2.24) is 9.15 Å². The van der Waals surface area contributed by atoms with E-state index in [-0.39, 0.29) is 0 Å². The predicted molar refractivity (Wildman–Crippen MR) is 154 cm³/mol. The summed E-state index contributed by atoms with van der Waals surface area (Å²) in [6.45, 7) is 36.6. The van der Waals surface area contributed by atoms with Gasteiger partial charge in [-0.15, -0.1) is 0 Å². The van der Waals surface area contributed by atoms with Gasteiger partial charge in [0.15, 0.2) is 11.4 Å². The minimum atomic E-state index is 0.407. The third-order valence-electron chi connectivity index (χ3n) is 6.87. The topological polar surface area (TPSA) is 21.7 Å². The molecule has 0 unspecified atom stereocenters. The Morgan fingerprint density at radius 1 is 0.429 bits per heavy atom. The highest BCUT2D eigenvalue weighted by molar-refractivity contribution is 5.79. The summed E-state index contributed by atoms with van der Waals surface area (Å²) in [5.74, 6) is 2.13. The summed E-state index contributed by atoms with van der Waals surface area (Å²) in [6, 6.07) is 3.25. The Balaban J connectivity index is 2.82. The van der Waals surface area contributed by atoms with Gasteiger partial charge >= 0.3 is 0 Å². The smallest absolute Gasteiger partial charge is 0.273 e. The van der Waals surface area contributed by atoms with Crippen molar-refractivity contribution in [3.8, 4) is 11.5 Å². The number of rotatable bonds is 12. The first kappa shape index (κ1) is 29.5. The minimum absolute atomic E-state index is 0.407. The summed E-state index contributed by atoms with van der Waals surface area (Å²) in [5, 5.41) is 2.58. The second-order valence-corrected chi connectivity index (χ2v) is 12.5. The van der Waals surface area contributed by atoms with E-state index in [9.17, 15) is 0 Å². The van der Waals surface area contributed by atoms with Crippen LogP contribution < -0.4 is 34.4 Å². The minimum Gasteiger partial charge on any atom is -0.438 e. The molecule has 0 spiro atoms. The molecule has 0 bridgehead atoms. The van der Waals surface area contributed by atoms with Crippen molar-refractivity contribution in [3.63, 3.8) is 0 Å². The van der Waals surface area contributed by atoms with Crippen LogP contribution in [0.25, 0.3) is 0 Å². The van der Waals surface area contributed by atoms with Crippen LogP contribution in [0.4, 0.5) is 11.4 Å². The van der Waals surface area contributed by atoms with Crippen molar-refractivity contribution in [2.24, 2.45) is 0 Å². The van der Waals surface area contributed by atoms with Crippen LogP contribution in [-0.2, 0) is 0 Å². The molecule has 0 N–H and O–H groups in total. The molecule has 0 amide bonds. The van der Waals surface area contributed by atoms with Gasteiger partial charge in [0.25, 0.3) is 10.7 Å². The molecule has 0 heterocycles. The molecule has 0 saturated carbocycles. The van der Waals surface area contributed by atoms with Crippen molar-refractivity contribution in [1.29, 1.82) is 0 Å². The summed E-state index contributed by atoms with van der Waals surface area (Å²) in [5.41, 5.74) is 2.58. The monoisotopic (exact) mass is 488 g/mol. The van der Waals surface area contributed by atoms with E-state index in [1.807, 2.05) is 0 Å². The SMILES string of the molecule is CC(C)N(c1c(Oc2c(N(C(C)C)C(C)C)c2=[N+](C(C)C)C(C)C)c1=[N+](C(C)C)C(C)C)C(C)C. The molecule has 0 aliphatic carbocycles. The molecule has 5 nitrogen and oxygen atoms in total. The van der Waals surface area contributed by atoms with Crippen LogP contribution in [0.1, 0.15) is 111 Å². The van der Waals surface area contributed by atoms with E-state index in [0.29, 0.717) is 48.3 Å². The maximum atomic E-state index is 6.97. The first-order chi connectivity index (χ1) is 16.1. The van der Waals surface area contributed by atoms with Gasteiger partial charge in [0.1, 0.15) is 24.2 Å². The van der Waals surface area contributed by atoms with Crippen molar-refractivity contribution < 1.29 is 4.74 Å². The van der Waals surface area contributed by atoms with Gasteiger partial charge in [0, 0.05) is 24.2 Å². The van der Waals surface area contributed by atoms with Crippen LogP contribution in [0, 0.1) is 0 Å². The molecule has 0 radical (unpaired) electrons. The summed E-state index contributed by atoms with van der Waals surface area (Å²) in [7, 11) is 0. The number of nitrogens with zero attached hydrogens (tertiary/aromatic N) is 4. The van der Waals surface area contributed by atoms with E-state index >= 15 is 0 Å². The number of anilines is 2. The highest BCUT2D eigenvalue weighted by Gasteiger charge is 2.46. The third-order valence-corrected chi connectivity index (χ3v) is 6.87. The Morgan fingerprint density at radius 2 is 0.657 bits per heavy atom. The maximum Gasteiger partial charge on any atom is 0.273 e. The van der Waals surface area contributed by atoms with Gasteiger partial charge in [-0.1, -0.05) is 0 Å². The fourth-order valence-corrected chi connectivity index (χ4v) is 6.01. The van der Waals surface area contributed by atoms with Gasteiger partial charge in [0.05, 0.1) is 0 Å². The first-order valence-electron chi connectivity index (χ1n) is 14.1. The molecule has 35 heavy (non-hydrogen) atoms. The summed E-state index contributed by atoms with van der Waals surface area (Å²) in [4.78, 5) is 5.05. The Labute approximate surface area is 216 Å². The zero-order chi connectivity index (χ0) is 27.1. The van der Waals surface area contributed by atoms with Crippen LogP contribution in [0.15, 0.2) is 0 Å². The summed E-state index contributed by atoms with van der Waals surface area (Å²) in [6.07, 6.45) is 0. The van der Waals surface area contributed by atoms with E-state index in [2.05, 4.69) is 130 Å². The second-order valence-electron chi connectivity index (χ2n) is 12.5. The zero-order valence-corrected chi connectivity index (χ0v) is 25.8.